The van der Waals surface area contributed by atoms with E-state index < -0.39 is 28.4 Å². The van der Waals surface area contributed by atoms with E-state index in [9.17, 15) is 14.4 Å². The zero-order chi connectivity index (χ0) is 20.1. The first kappa shape index (κ1) is 23.4. The molecule has 146 valence electrons. The van der Waals surface area contributed by atoms with Gasteiger partial charge >= 0.3 is 17.9 Å². The van der Waals surface area contributed by atoms with Crippen LogP contribution in [0.5, 0.6) is 0 Å². The van der Waals surface area contributed by atoms with Crippen LogP contribution >= 0.6 is 0 Å². The molecule has 0 amide bonds. The van der Waals surface area contributed by atoms with Gasteiger partial charge in [0.2, 0.25) is 5.60 Å². The fourth-order valence-electron chi connectivity index (χ4n) is 1.49. The molecule has 0 fully saturated rings. The SMILES string of the molecule is CCC(C)(C)C(=O)OCC(C)(C)COC(=O)C(C)(C)OC(=O)C(C)C. The van der Waals surface area contributed by atoms with Crippen LogP contribution in [0.25, 0.3) is 0 Å². The largest absolute Gasteiger partial charge is 0.465 e. The van der Waals surface area contributed by atoms with Gasteiger partial charge in [-0.15, -0.1) is 0 Å². The summed E-state index contributed by atoms with van der Waals surface area (Å²) in [6.45, 7) is 15.8. The predicted molar refractivity (Wildman–Crippen MR) is 94.8 cm³/mol. The molecule has 0 atom stereocenters. The summed E-state index contributed by atoms with van der Waals surface area (Å²) >= 11 is 0. The number of hydrogen-bond acceptors (Lipinski definition) is 6. The summed E-state index contributed by atoms with van der Waals surface area (Å²) in [5, 5.41) is 0. The topological polar surface area (TPSA) is 78.9 Å². The highest BCUT2D eigenvalue weighted by atomic mass is 16.6. The lowest BCUT2D eigenvalue weighted by molar-refractivity contribution is -0.183. The zero-order valence-electron chi connectivity index (χ0n) is 17.1. The number of carbonyl (C=O) groups excluding carboxylic acids is 3. The van der Waals surface area contributed by atoms with Crippen molar-refractivity contribution in [2.45, 2.75) is 74.3 Å². The van der Waals surface area contributed by atoms with Gasteiger partial charge in [-0.1, -0.05) is 34.6 Å². The predicted octanol–water partition coefficient (Wildman–Crippen LogP) is 3.51. The Bertz CT molecular complexity index is 488. The highest BCUT2D eigenvalue weighted by Gasteiger charge is 2.36. The Hall–Kier alpha value is -1.59. The van der Waals surface area contributed by atoms with Crippen LogP contribution < -0.4 is 0 Å². The minimum Gasteiger partial charge on any atom is -0.465 e. The molecular formula is C19H34O6. The molecular weight excluding hydrogens is 324 g/mol. The monoisotopic (exact) mass is 358 g/mol. The first-order valence-corrected chi connectivity index (χ1v) is 8.72. The maximum atomic E-state index is 12.2. The van der Waals surface area contributed by atoms with E-state index in [2.05, 4.69) is 0 Å². The molecule has 0 heterocycles. The molecule has 0 radical (unpaired) electrons. The van der Waals surface area contributed by atoms with E-state index in [1.54, 1.807) is 13.8 Å². The minimum absolute atomic E-state index is 0.0499. The average Bonchev–Trinajstić information content (AvgIpc) is 2.49. The third-order valence-corrected chi connectivity index (χ3v) is 3.94. The summed E-state index contributed by atoms with van der Waals surface area (Å²) in [7, 11) is 0. The average molecular weight is 358 g/mol. The van der Waals surface area contributed by atoms with Gasteiger partial charge in [0.05, 0.1) is 24.5 Å². The first-order valence-electron chi connectivity index (χ1n) is 8.72. The second-order valence-electron chi connectivity index (χ2n) is 8.64. The Morgan fingerprint density at radius 3 is 1.68 bits per heavy atom. The van der Waals surface area contributed by atoms with Gasteiger partial charge in [0.15, 0.2) is 0 Å². The molecule has 6 heteroatoms. The lowest BCUT2D eigenvalue weighted by Crippen LogP contribution is -2.42. The second-order valence-corrected chi connectivity index (χ2v) is 8.64. The highest BCUT2D eigenvalue weighted by molar-refractivity contribution is 5.83. The molecule has 0 spiro atoms. The molecule has 0 aliphatic rings. The van der Waals surface area contributed by atoms with Crippen molar-refractivity contribution < 1.29 is 28.6 Å². The third-order valence-electron chi connectivity index (χ3n) is 3.94. The molecule has 0 bridgehead atoms. The van der Waals surface area contributed by atoms with Crippen LogP contribution in [-0.4, -0.2) is 36.7 Å². The van der Waals surface area contributed by atoms with Crippen LogP contribution in [0, 0.1) is 16.7 Å². The third kappa shape index (κ3) is 7.88. The molecule has 0 saturated heterocycles. The van der Waals surface area contributed by atoms with Gasteiger partial charge in [-0.2, -0.15) is 0 Å². The smallest absolute Gasteiger partial charge is 0.350 e. The van der Waals surface area contributed by atoms with Crippen LogP contribution in [-0.2, 0) is 28.6 Å². The molecule has 0 unspecified atom stereocenters. The Balaban J connectivity index is 4.60. The molecule has 6 nitrogen and oxygen atoms in total. The summed E-state index contributed by atoms with van der Waals surface area (Å²) < 4.78 is 15.8. The fourth-order valence-corrected chi connectivity index (χ4v) is 1.49. The van der Waals surface area contributed by atoms with E-state index in [4.69, 9.17) is 14.2 Å². The van der Waals surface area contributed by atoms with Gasteiger partial charge < -0.3 is 14.2 Å². The summed E-state index contributed by atoms with van der Waals surface area (Å²) in [6.07, 6.45) is 0.677. The van der Waals surface area contributed by atoms with Crippen LogP contribution in [0.15, 0.2) is 0 Å². The molecule has 0 saturated carbocycles. The van der Waals surface area contributed by atoms with Crippen molar-refractivity contribution in [3.8, 4) is 0 Å². The number of esters is 3. The van der Waals surface area contributed by atoms with E-state index in [1.807, 2.05) is 34.6 Å². The van der Waals surface area contributed by atoms with Gasteiger partial charge in [-0.25, -0.2) is 4.79 Å². The van der Waals surface area contributed by atoms with Crippen LogP contribution in [0.3, 0.4) is 0 Å². The van der Waals surface area contributed by atoms with Crippen LogP contribution in [0.2, 0.25) is 0 Å². The molecule has 0 aromatic heterocycles. The molecule has 0 aromatic carbocycles. The van der Waals surface area contributed by atoms with Crippen molar-refractivity contribution in [2.75, 3.05) is 13.2 Å². The molecule has 0 aliphatic heterocycles. The van der Waals surface area contributed by atoms with Crippen molar-refractivity contribution in [2.24, 2.45) is 16.7 Å². The summed E-state index contributed by atoms with van der Waals surface area (Å²) in [5.41, 5.74) is -2.45. The van der Waals surface area contributed by atoms with Crippen molar-refractivity contribution in [1.29, 1.82) is 0 Å². The summed E-state index contributed by atoms with van der Waals surface area (Å²) in [5.74, 6) is -1.70. The number of hydrogen-bond donors (Lipinski definition) is 0. The van der Waals surface area contributed by atoms with E-state index in [0.717, 1.165) is 0 Å². The van der Waals surface area contributed by atoms with Gasteiger partial charge in [0.25, 0.3) is 0 Å². The Morgan fingerprint density at radius 2 is 1.28 bits per heavy atom. The van der Waals surface area contributed by atoms with Gasteiger partial charge in [0, 0.05) is 5.41 Å². The molecule has 25 heavy (non-hydrogen) atoms. The molecule has 0 rings (SSSR count). The standard InChI is InChI=1S/C19H34O6/c1-10-18(6,7)15(21)23-11-17(4,5)12-24-16(22)19(8,9)25-14(20)13(2)3/h13H,10-12H2,1-9H3. The number of carbonyl (C=O) groups is 3. The van der Waals surface area contributed by atoms with Crippen molar-refractivity contribution in [3.05, 3.63) is 0 Å². The normalized spacial score (nSPS) is 12.7. The van der Waals surface area contributed by atoms with E-state index in [-0.39, 0.29) is 25.1 Å². The van der Waals surface area contributed by atoms with Gasteiger partial charge in [-0.05, 0) is 34.1 Å². The van der Waals surface area contributed by atoms with Crippen molar-refractivity contribution in [1.82, 2.24) is 0 Å². The lowest BCUT2D eigenvalue weighted by atomic mass is 9.90. The number of ether oxygens (including phenoxy) is 3. The molecule has 0 N–H and O–H groups in total. The maximum absolute atomic E-state index is 12.2. The Kier molecular flexibility index (Phi) is 8.12. The van der Waals surface area contributed by atoms with Crippen molar-refractivity contribution in [3.63, 3.8) is 0 Å². The quantitative estimate of drug-likeness (QED) is 0.463. The minimum atomic E-state index is -1.36. The van der Waals surface area contributed by atoms with Crippen LogP contribution in [0.1, 0.15) is 68.7 Å². The first-order chi connectivity index (χ1) is 11.1. The zero-order valence-corrected chi connectivity index (χ0v) is 17.1. The Morgan fingerprint density at radius 1 is 0.840 bits per heavy atom. The van der Waals surface area contributed by atoms with E-state index in [1.165, 1.54) is 13.8 Å². The van der Waals surface area contributed by atoms with E-state index in [0.29, 0.717) is 6.42 Å². The van der Waals surface area contributed by atoms with Gasteiger partial charge in [-0.3, -0.25) is 9.59 Å². The molecule has 0 aromatic rings. The number of rotatable bonds is 9. The van der Waals surface area contributed by atoms with Gasteiger partial charge in [0.1, 0.15) is 0 Å². The maximum Gasteiger partial charge on any atom is 0.350 e. The second kappa shape index (κ2) is 8.68. The Labute approximate surface area is 151 Å². The molecule has 0 aliphatic carbocycles. The lowest BCUT2D eigenvalue weighted by Gasteiger charge is -2.29. The van der Waals surface area contributed by atoms with Crippen LogP contribution in [0.4, 0.5) is 0 Å². The summed E-state index contributed by atoms with van der Waals surface area (Å²) in [4.78, 5) is 35.9. The fraction of sp³-hybridized carbons (Fsp3) is 0.842. The summed E-state index contributed by atoms with van der Waals surface area (Å²) in [6, 6.07) is 0. The van der Waals surface area contributed by atoms with E-state index >= 15 is 0 Å². The van der Waals surface area contributed by atoms with Crippen molar-refractivity contribution >= 4 is 17.9 Å². The highest BCUT2D eigenvalue weighted by Crippen LogP contribution is 2.25.